The summed E-state index contributed by atoms with van der Waals surface area (Å²) in [4.78, 5) is 40.8. The molecular formula is C15H18N2O5S3. The van der Waals surface area contributed by atoms with E-state index in [0.717, 1.165) is 28.0 Å². The van der Waals surface area contributed by atoms with Crippen molar-refractivity contribution in [1.82, 2.24) is 0 Å². The monoisotopic (exact) mass is 402 g/mol. The Balaban J connectivity index is 2.17. The van der Waals surface area contributed by atoms with E-state index in [2.05, 4.69) is 10.3 Å². The minimum Gasteiger partial charge on any atom is -0.465 e. The molecule has 10 heteroatoms. The molecule has 136 valence electrons. The summed E-state index contributed by atoms with van der Waals surface area (Å²) in [7, 11) is 1.26. The van der Waals surface area contributed by atoms with Gasteiger partial charge in [0.15, 0.2) is 0 Å². The topological polar surface area (TPSA) is 94.1 Å². The van der Waals surface area contributed by atoms with Crippen LogP contribution in [0.5, 0.6) is 0 Å². The lowest BCUT2D eigenvalue weighted by Gasteiger charge is -2.07. The second kappa shape index (κ2) is 9.25. The summed E-state index contributed by atoms with van der Waals surface area (Å²) in [6.07, 6.45) is 0. The maximum atomic E-state index is 12.2. The van der Waals surface area contributed by atoms with E-state index in [1.54, 1.807) is 25.6 Å². The molecule has 0 spiro atoms. The third-order valence-electron chi connectivity index (χ3n) is 3.13. The molecular weight excluding hydrogens is 384 g/mol. The highest BCUT2D eigenvalue weighted by atomic mass is 32.2. The summed E-state index contributed by atoms with van der Waals surface area (Å²) in [5, 5.41) is 2.99. The van der Waals surface area contributed by atoms with Gasteiger partial charge < -0.3 is 14.8 Å². The number of thioether (sulfide) groups is 2. The maximum absolute atomic E-state index is 12.2. The Hall–Kier alpha value is -1.52. The van der Waals surface area contributed by atoms with Gasteiger partial charge in [-0.1, -0.05) is 23.5 Å². The van der Waals surface area contributed by atoms with E-state index in [9.17, 15) is 14.4 Å². The van der Waals surface area contributed by atoms with E-state index < -0.39 is 11.9 Å². The molecule has 1 aromatic rings. The van der Waals surface area contributed by atoms with Crippen LogP contribution in [-0.4, -0.2) is 54.0 Å². The summed E-state index contributed by atoms with van der Waals surface area (Å²) < 4.78 is 10.7. The molecule has 0 saturated heterocycles. The van der Waals surface area contributed by atoms with Gasteiger partial charge in [-0.05, 0) is 19.4 Å². The van der Waals surface area contributed by atoms with Crippen LogP contribution < -0.4 is 5.32 Å². The molecule has 25 heavy (non-hydrogen) atoms. The average Bonchev–Trinajstić information content (AvgIpc) is 3.20. The Morgan fingerprint density at radius 2 is 2.08 bits per heavy atom. The van der Waals surface area contributed by atoms with Gasteiger partial charge in [-0.25, -0.2) is 9.59 Å². The van der Waals surface area contributed by atoms with Crippen molar-refractivity contribution in [3.05, 3.63) is 16.0 Å². The predicted molar refractivity (Wildman–Crippen MR) is 102 cm³/mol. The number of nitrogens with zero attached hydrogens (tertiary/aromatic N) is 1. The lowest BCUT2D eigenvalue weighted by atomic mass is 10.1. The number of aliphatic imine (C=N–C) groups is 1. The number of hydrogen-bond acceptors (Lipinski definition) is 9. The first-order chi connectivity index (χ1) is 12.0. The molecule has 0 atom stereocenters. The van der Waals surface area contributed by atoms with Crippen LogP contribution in [0.1, 0.15) is 32.5 Å². The second-order valence-electron chi connectivity index (χ2n) is 4.81. The molecule has 0 bridgehead atoms. The van der Waals surface area contributed by atoms with E-state index in [-0.39, 0.29) is 28.7 Å². The number of rotatable bonds is 6. The fraction of sp³-hybridized carbons (Fsp3) is 0.467. The third kappa shape index (κ3) is 4.99. The van der Waals surface area contributed by atoms with Crippen LogP contribution >= 0.6 is 34.9 Å². The van der Waals surface area contributed by atoms with Crippen LogP contribution in [0.15, 0.2) is 4.99 Å². The number of ether oxygens (including phenoxy) is 2. The lowest BCUT2D eigenvalue weighted by molar-refractivity contribution is -0.113. The zero-order valence-electron chi connectivity index (χ0n) is 14.0. The average molecular weight is 403 g/mol. The zero-order valence-corrected chi connectivity index (χ0v) is 16.5. The Labute approximate surface area is 157 Å². The van der Waals surface area contributed by atoms with Crippen LogP contribution in [0.25, 0.3) is 0 Å². The highest BCUT2D eigenvalue weighted by Crippen LogP contribution is 2.34. The molecule has 1 amide bonds. The summed E-state index contributed by atoms with van der Waals surface area (Å²) >= 11 is 3.98. The number of methoxy groups -OCH3 is 1. The number of esters is 2. The van der Waals surface area contributed by atoms with E-state index in [4.69, 9.17) is 9.47 Å². The highest BCUT2D eigenvalue weighted by molar-refractivity contribution is 8.39. The normalized spacial score (nSPS) is 13.3. The number of hydrogen-bond donors (Lipinski definition) is 1. The molecule has 1 N–H and O–H groups in total. The summed E-state index contributed by atoms with van der Waals surface area (Å²) in [5.74, 6) is -0.296. The smallest absolute Gasteiger partial charge is 0.348 e. The number of anilines is 1. The molecule has 0 fully saturated rings. The molecule has 0 saturated carbocycles. The predicted octanol–water partition coefficient (Wildman–Crippen LogP) is 2.79. The SMILES string of the molecule is CCOC(=O)c1c(NC(=O)CSC2=NCCS2)sc(C(=O)OC)c1C. The van der Waals surface area contributed by atoms with Crippen LogP contribution in [0.3, 0.4) is 0 Å². The van der Waals surface area contributed by atoms with Crippen molar-refractivity contribution in [3.8, 4) is 0 Å². The van der Waals surface area contributed by atoms with E-state index in [1.165, 1.54) is 18.9 Å². The summed E-state index contributed by atoms with van der Waals surface area (Å²) in [5.41, 5.74) is 0.632. The highest BCUT2D eigenvalue weighted by Gasteiger charge is 2.27. The third-order valence-corrected chi connectivity index (χ3v) is 6.57. The first kappa shape index (κ1) is 19.8. The first-order valence-electron chi connectivity index (χ1n) is 7.46. The second-order valence-corrected chi connectivity index (χ2v) is 8.13. The summed E-state index contributed by atoms with van der Waals surface area (Å²) in [6, 6.07) is 0. The van der Waals surface area contributed by atoms with Crippen LogP contribution in [0, 0.1) is 6.92 Å². The van der Waals surface area contributed by atoms with E-state index in [1.807, 2.05) is 0 Å². The molecule has 0 aliphatic carbocycles. The van der Waals surface area contributed by atoms with Gasteiger partial charge in [0.25, 0.3) is 0 Å². The number of thiophene rings is 1. The van der Waals surface area contributed by atoms with Gasteiger partial charge in [0, 0.05) is 5.75 Å². The molecule has 1 aliphatic heterocycles. The van der Waals surface area contributed by atoms with Crippen LogP contribution in [0.4, 0.5) is 5.00 Å². The maximum Gasteiger partial charge on any atom is 0.348 e. The van der Waals surface area contributed by atoms with Crippen molar-refractivity contribution >= 4 is 62.1 Å². The number of amides is 1. The zero-order chi connectivity index (χ0) is 18.4. The quantitative estimate of drug-likeness (QED) is 0.731. The van der Waals surface area contributed by atoms with E-state index in [0.29, 0.717) is 10.6 Å². The van der Waals surface area contributed by atoms with Crippen molar-refractivity contribution in [2.24, 2.45) is 4.99 Å². The fourth-order valence-electron chi connectivity index (χ4n) is 2.03. The number of nitrogens with one attached hydrogen (secondary N) is 1. The van der Waals surface area contributed by atoms with Crippen molar-refractivity contribution in [2.75, 3.05) is 37.1 Å². The van der Waals surface area contributed by atoms with Crippen molar-refractivity contribution < 1.29 is 23.9 Å². The standard InChI is InChI=1S/C15H18N2O5S3/c1-4-22-13(19)10-8(2)11(14(20)21-3)25-12(10)17-9(18)7-24-15-16-5-6-23-15/h4-7H2,1-3H3,(H,17,18). The lowest BCUT2D eigenvalue weighted by Crippen LogP contribution is -2.17. The molecule has 7 nitrogen and oxygen atoms in total. The van der Waals surface area contributed by atoms with Crippen molar-refractivity contribution in [2.45, 2.75) is 13.8 Å². The van der Waals surface area contributed by atoms with Crippen LogP contribution in [0.2, 0.25) is 0 Å². The van der Waals surface area contributed by atoms with Crippen molar-refractivity contribution in [1.29, 1.82) is 0 Å². The van der Waals surface area contributed by atoms with Gasteiger partial charge in [0.2, 0.25) is 5.91 Å². The molecule has 0 unspecified atom stereocenters. The first-order valence-corrected chi connectivity index (χ1v) is 10.2. The Morgan fingerprint density at radius 1 is 1.32 bits per heavy atom. The Morgan fingerprint density at radius 3 is 2.68 bits per heavy atom. The molecule has 0 aromatic carbocycles. The minimum atomic E-state index is -0.579. The number of carbonyl (C=O) groups is 3. The van der Waals surface area contributed by atoms with Gasteiger partial charge in [0.05, 0.1) is 31.6 Å². The van der Waals surface area contributed by atoms with Crippen molar-refractivity contribution in [3.63, 3.8) is 0 Å². The van der Waals surface area contributed by atoms with Gasteiger partial charge in [-0.3, -0.25) is 9.79 Å². The van der Waals surface area contributed by atoms with Gasteiger partial charge in [-0.2, -0.15) is 0 Å². The van der Waals surface area contributed by atoms with Crippen LogP contribution in [-0.2, 0) is 14.3 Å². The minimum absolute atomic E-state index is 0.179. The molecule has 2 rings (SSSR count). The largest absolute Gasteiger partial charge is 0.465 e. The fourth-order valence-corrected chi connectivity index (χ4v) is 4.97. The number of carbonyl (C=O) groups excluding carboxylic acids is 3. The molecule has 1 aliphatic rings. The molecule has 1 aromatic heterocycles. The summed E-state index contributed by atoms with van der Waals surface area (Å²) in [6.45, 7) is 4.29. The van der Waals surface area contributed by atoms with E-state index >= 15 is 0 Å². The van der Waals surface area contributed by atoms with Gasteiger partial charge in [-0.15, -0.1) is 11.3 Å². The van der Waals surface area contributed by atoms with Gasteiger partial charge >= 0.3 is 11.9 Å². The molecule has 2 heterocycles. The Kier molecular flexibility index (Phi) is 7.33. The van der Waals surface area contributed by atoms with Gasteiger partial charge in [0.1, 0.15) is 14.3 Å². The Bertz CT molecular complexity index is 714. The molecule has 0 radical (unpaired) electrons.